The third-order valence-electron chi connectivity index (χ3n) is 3.96. The van der Waals surface area contributed by atoms with E-state index < -0.39 is 5.97 Å². The summed E-state index contributed by atoms with van der Waals surface area (Å²) in [5.74, 6) is -0.559. The zero-order valence-electron chi connectivity index (χ0n) is 11.9. The molecule has 0 spiro atoms. The number of carboxylic acids is 1. The van der Waals surface area contributed by atoms with Crippen molar-refractivity contribution in [2.45, 2.75) is 38.5 Å². The Morgan fingerprint density at radius 3 is 2.62 bits per heavy atom. The van der Waals surface area contributed by atoms with Crippen LogP contribution in [0.3, 0.4) is 0 Å². The fourth-order valence-electron chi connectivity index (χ4n) is 2.86. The number of anilines is 1. The van der Waals surface area contributed by atoms with Gasteiger partial charge in [-0.25, -0.2) is 0 Å². The Morgan fingerprint density at radius 2 is 2.00 bits per heavy atom. The summed E-state index contributed by atoms with van der Waals surface area (Å²) in [6.07, 6.45) is 6.09. The van der Waals surface area contributed by atoms with Crippen LogP contribution >= 0.6 is 11.6 Å². The summed E-state index contributed by atoms with van der Waals surface area (Å²) in [5.41, 5.74) is 0.543. The maximum Gasteiger partial charge on any atom is 0.323 e. The topological polar surface area (TPSA) is 57.6 Å². The van der Waals surface area contributed by atoms with Crippen molar-refractivity contribution in [1.29, 1.82) is 0 Å². The van der Waals surface area contributed by atoms with Crippen LogP contribution in [0.2, 0.25) is 5.02 Å². The van der Waals surface area contributed by atoms with E-state index in [1.807, 2.05) is 0 Å². The molecule has 0 aliphatic heterocycles. The molecule has 0 bridgehead atoms. The van der Waals surface area contributed by atoms with Gasteiger partial charge in [0.15, 0.2) is 0 Å². The van der Waals surface area contributed by atoms with E-state index in [1.165, 1.54) is 30.6 Å². The first-order valence-electron chi connectivity index (χ1n) is 7.34. The Morgan fingerprint density at radius 1 is 1.29 bits per heavy atom. The molecule has 4 nitrogen and oxygen atoms in total. The van der Waals surface area contributed by atoms with Gasteiger partial charge in [0.1, 0.15) is 6.54 Å². The summed E-state index contributed by atoms with van der Waals surface area (Å²) in [4.78, 5) is 24.7. The quantitative estimate of drug-likeness (QED) is 0.871. The number of carbonyl (C=O) groups excluding carboxylic acids is 1. The van der Waals surface area contributed by atoms with Crippen molar-refractivity contribution in [1.82, 2.24) is 0 Å². The highest BCUT2D eigenvalue weighted by Gasteiger charge is 2.21. The number of hydrogen-bond acceptors (Lipinski definition) is 2. The first kappa shape index (κ1) is 15.8. The maximum absolute atomic E-state index is 12.4. The lowest BCUT2D eigenvalue weighted by molar-refractivity contribution is -0.136. The Hall–Kier alpha value is -1.55. The Bertz CT molecular complexity index is 512. The minimum atomic E-state index is -1.02. The number of carbonyl (C=O) groups is 2. The van der Waals surface area contributed by atoms with Gasteiger partial charge in [-0.1, -0.05) is 43.4 Å². The molecule has 21 heavy (non-hydrogen) atoms. The molecule has 1 fully saturated rings. The second-order valence-electron chi connectivity index (χ2n) is 5.54. The molecule has 0 aromatic heterocycles. The minimum absolute atomic E-state index is 0.147. The highest BCUT2D eigenvalue weighted by molar-refractivity contribution is 6.30. The zero-order valence-corrected chi connectivity index (χ0v) is 12.7. The molecule has 1 aromatic carbocycles. The molecule has 1 aliphatic carbocycles. The second-order valence-corrected chi connectivity index (χ2v) is 5.98. The SMILES string of the molecule is O=C(O)CN(C(=O)CCC1CCCC1)c1cccc(Cl)c1. The highest BCUT2D eigenvalue weighted by Crippen LogP contribution is 2.29. The van der Waals surface area contributed by atoms with Gasteiger partial charge in [0.05, 0.1) is 0 Å². The first-order chi connectivity index (χ1) is 10.1. The minimum Gasteiger partial charge on any atom is -0.480 e. The van der Waals surface area contributed by atoms with Gasteiger partial charge >= 0.3 is 5.97 Å². The summed E-state index contributed by atoms with van der Waals surface area (Å²) in [5, 5.41) is 9.51. The molecule has 1 amide bonds. The third kappa shape index (κ3) is 4.74. The molecule has 0 unspecified atom stereocenters. The standard InChI is InChI=1S/C16H20ClNO3/c17-13-6-3-7-14(10-13)18(11-16(20)21)15(19)9-8-12-4-1-2-5-12/h3,6-7,10,12H,1-2,4-5,8-9,11H2,(H,20,21). The number of carboxylic acid groups (broad SMARTS) is 1. The number of hydrogen-bond donors (Lipinski definition) is 1. The van der Waals surface area contributed by atoms with Crippen LogP contribution in [0.25, 0.3) is 0 Å². The normalized spacial score (nSPS) is 15.1. The summed E-state index contributed by atoms with van der Waals surface area (Å²) in [6.45, 7) is -0.330. The fraction of sp³-hybridized carbons (Fsp3) is 0.500. The van der Waals surface area contributed by atoms with E-state index in [-0.39, 0.29) is 12.5 Å². The van der Waals surface area contributed by atoms with Gasteiger partial charge in [0.2, 0.25) is 5.91 Å². The van der Waals surface area contributed by atoms with Gasteiger partial charge in [-0.15, -0.1) is 0 Å². The van der Waals surface area contributed by atoms with Gasteiger partial charge in [-0.2, -0.15) is 0 Å². The molecule has 1 aliphatic rings. The van der Waals surface area contributed by atoms with Crippen LogP contribution in [0.4, 0.5) is 5.69 Å². The molecular weight excluding hydrogens is 290 g/mol. The van der Waals surface area contributed by atoms with E-state index in [9.17, 15) is 9.59 Å². The second kappa shape index (κ2) is 7.46. The van der Waals surface area contributed by atoms with Crippen molar-refractivity contribution in [2.75, 3.05) is 11.4 Å². The van der Waals surface area contributed by atoms with Crippen molar-refractivity contribution in [2.24, 2.45) is 5.92 Å². The predicted molar refractivity (Wildman–Crippen MR) is 82.6 cm³/mol. The van der Waals surface area contributed by atoms with Crippen molar-refractivity contribution in [3.8, 4) is 0 Å². The fourth-order valence-corrected chi connectivity index (χ4v) is 3.05. The van der Waals surface area contributed by atoms with Crippen LogP contribution in [0.1, 0.15) is 38.5 Å². The first-order valence-corrected chi connectivity index (χ1v) is 7.72. The van der Waals surface area contributed by atoms with E-state index in [0.717, 1.165) is 6.42 Å². The van der Waals surface area contributed by atoms with E-state index in [0.29, 0.717) is 23.0 Å². The van der Waals surface area contributed by atoms with Gasteiger partial charge in [-0.3, -0.25) is 9.59 Å². The number of benzene rings is 1. The van der Waals surface area contributed by atoms with Crippen molar-refractivity contribution in [3.05, 3.63) is 29.3 Å². The van der Waals surface area contributed by atoms with Crippen LogP contribution in [0.15, 0.2) is 24.3 Å². The average molecular weight is 310 g/mol. The van der Waals surface area contributed by atoms with E-state index >= 15 is 0 Å². The lowest BCUT2D eigenvalue weighted by Crippen LogP contribution is -2.35. The Kier molecular flexibility index (Phi) is 5.62. The predicted octanol–water partition coefficient (Wildman–Crippen LogP) is 3.73. The summed E-state index contributed by atoms with van der Waals surface area (Å²) >= 11 is 5.93. The summed E-state index contributed by atoms with van der Waals surface area (Å²) in [6, 6.07) is 6.75. The summed E-state index contributed by atoms with van der Waals surface area (Å²) in [7, 11) is 0. The molecule has 1 aromatic rings. The van der Waals surface area contributed by atoms with Crippen LogP contribution < -0.4 is 4.90 Å². The van der Waals surface area contributed by atoms with Crippen molar-refractivity contribution >= 4 is 29.2 Å². The Balaban J connectivity index is 2.03. The molecule has 5 heteroatoms. The van der Waals surface area contributed by atoms with E-state index in [4.69, 9.17) is 16.7 Å². The lowest BCUT2D eigenvalue weighted by Gasteiger charge is -2.22. The molecule has 2 rings (SSSR count). The van der Waals surface area contributed by atoms with Crippen LogP contribution in [-0.4, -0.2) is 23.5 Å². The maximum atomic E-state index is 12.4. The van der Waals surface area contributed by atoms with E-state index in [2.05, 4.69) is 0 Å². The lowest BCUT2D eigenvalue weighted by atomic mass is 10.0. The molecule has 0 atom stereocenters. The molecule has 0 heterocycles. The van der Waals surface area contributed by atoms with Gasteiger partial charge < -0.3 is 10.0 Å². The average Bonchev–Trinajstić information content (AvgIpc) is 2.95. The monoisotopic (exact) mass is 309 g/mol. The van der Waals surface area contributed by atoms with Crippen LogP contribution in [0.5, 0.6) is 0 Å². The zero-order chi connectivity index (χ0) is 15.2. The molecule has 1 N–H and O–H groups in total. The Labute approximate surface area is 129 Å². The van der Waals surface area contributed by atoms with Crippen LogP contribution in [-0.2, 0) is 9.59 Å². The molecular formula is C16H20ClNO3. The van der Waals surface area contributed by atoms with Crippen molar-refractivity contribution in [3.63, 3.8) is 0 Å². The molecule has 114 valence electrons. The van der Waals surface area contributed by atoms with Crippen LogP contribution in [0, 0.1) is 5.92 Å². The molecule has 0 saturated heterocycles. The summed E-state index contributed by atoms with van der Waals surface area (Å²) < 4.78 is 0. The molecule has 0 radical (unpaired) electrons. The van der Waals surface area contributed by atoms with E-state index in [1.54, 1.807) is 24.3 Å². The molecule has 1 saturated carbocycles. The smallest absolute Gasteiger partial charge is 0.323 e. The number of halogens is 1. The number of nitrogens with zero attached hydrogens (tertiary/aromatic N) is 1. The number of aliphatic carboxylic acids is 1. The highest BCUT2D eigenvalue weighted by atomic mass is 35.5. The van der Waals surface area contributed by atoms with Gasteiger partial charge in [0, 0.05) is 17.1 Å². The third-order valence-corrected chi connectivity index (χ3v) is 4.19. The van der Waals surface area contributed by atoms with Gasteiger partial charge in [0.25, 0.3) is 0 Å². The number of amides is 1. The van der Waals surface area contributed by atoms with Crippen molar-refractivity contribution < 1.29 is 14.7 Å². The largest absolute Gasteiger partial charge is 0.480 e. The number of rotatable bonds is 6. The van der Waals surface area contributed by atoms with Gasteiger partial charge in [-0.05, 0) is 30.5 Å².